The van der Waals surface area contributed by atoms with Crippen LogP contribution in [0.2, 0.25) is 0 Å². The molecule has 30 heavy (non-hydrogen) atoms. The lowest BCUT2D eigenvalue weighted by Gasteiger charge is -2.18. The van der Waals surface area contributed by atoms with Crippen LogP contribution in [-0.2, 0) is 26.9 Å². The lowest BCUT2D eigenvalue weighted by molar-refractivity contribution is -0.115. The van der Waals surface area contributed by atoms with Gasteiger partial charge in [-0.25, -0.2) is 8.42 Å². The van der Waals surface area contributed by atoms with E-state index >= 15 is 0 Å². The van der Waals surface area contributed by atoms with E-state index in [4.69, 9.17) is 9.47 Å². The van der Waals surface area contributed by atoms with Crippen LogP contribution >= 0.6 is 11.3 Å². The van der Waals surface area contributed by atoms with E-state index in [1.54, 1.807) is 30.3 Å². The third kappa shape index (κ3) is 4.47. The average molecular weight is 445 g/mol. The van der Waals surface area contributed by atoms with Crippen LogP contribution in [0.5, 0.6) is 11.5 Å². The highest BCUT2D eigenvalue weighted by Crippen LogP contribution is 2.35. The van der Waals surface area contributed by atoms with Gasteiger partial charge in [0, 0.05) is 18.7 Å². The van der Waals surface area contributed by atoms with E-state index < -0.39 is 21.5 Å². The number of carbonyl (C=O) groups is 1. The largest absolute Gasteiger partial charge is 0.486 e. The second-order valence-electron chi connectivity index (χ2n) is 6.77. The number of hydrogen-bond donors (Lipinski definition) is 0. The fraction of sp³-hybridized carbons (Fsp3) is 0.238. The van der Waals surface area contributed by atoms with Gasteiger partial charge in [0.1, 0.15) is 19.0 Å². The Kier molecular flexibility index (Phi) is 5.74. The van der Waals surface area contributed by atoms with Gasteiger partial charge in [0.2, 0.25) is 0 Å². The maximum atomic E-state index is 12.5. The summed E-state index contributed by atoms with van der Waals surface area (Å²) in [5, 5.41) is 0. The number of benzene rings is 2. The zero-order chi connectivity index (χ0) is 21.1. The van der Waals surface area contributed by atoms with E-state index in [2.05, 4.69) is 11.6 Å². The van der Waals surface area contributed by atoms with Crippen LogP contribution in [0, 0.1) is 0 Å². The Bertz CT molecular complexity index is 1270. The molecule has 2 aromatic carbocycles. The van der Waals surface area contributed by atoms with Crippen molar-refractivity contribution in [2.45, 2.75) is 12.3 Å². The molecule has 0 N–H and O–H groups in total. The number of ether oxygens (including phenoxy) is 2. The molecule has 0 saturated carbocycles. The van der Waals surface area contributed by atoms with Crippen molar-refractivity contribution in [3.05, 3.63) is 65.5 Å². The zero-order valence-electron chi connectivity index (χ0n) is 16.1. The molecule has 7 nitrogen and oxygen atoms in total. The van der Waals surface area contributed by atoms with Crippen molar-refractivity contribution in [2.24, 2.45) is 4.99 Å². The number of hydrogen-bond acceptors (Lipinski definition) is 6. The standard InChI is InChI=1S/C21H20N2O5S2/c1-2-8-23-16-11-17-18(28-10-9-27-17)12-19(16)29-21(23)22-20(24)14-30(25,26)13-15-6-4-3-5-7-15/h2-7,11-12H,1,8-10,13-14H2. The molecule has 0 radical (unpaired) electrons. The number of amides is 1. The van der Waals surface area contributed by atoms with Gasteiger partial charge in [0.25, 0.3) is 5.91 Å². The molecule has 3 aromatic rings. The number of fused-ring (bicyclic) bond motifs is 2. The predicted octanol–water partition coefficient (Wildman–Crippen LogP) is 2.70. The van der Waals surface area contributed by atoms with E-state index in [0.29, 0.717) is 41.6 Å². The predicted molar refractivity (Wildman–Crippen MR) is 116 cm³/mol. The average Bonchev–Trinajstić information content (AvgIpc) is 3.02. The molecule has 0 spiro atoms. The highest BCUT2D eigenvalue weighted by molar-refractivity contribution is 7.91. The monoisotopic (exact) mass is 444 g/mol. The Labute approximate surface area is 177 Å². The normalized spacial score (nSPS) is 14.1. The quantitative estimate of drug-likeness (QED) is 0.546. The van der Waals surface area contributed by atoms with Crippen LogP contribution in [0.1, 0.15) is 5.56 Å². The minimum Gasteiger partial charge on any atom is -0.486 e. The highest BCUT2D eigenvalue weighted by atomic mass is 32.2. The van der Waals surface area contributed by atoms with E-state index in [1.165, 1.54) is 11.3 Å². The molecule has 0 bridgehead atoms. The Morgan fingerprint density at radius 3 is 2.57 bits per heavy atom. The van der Waals surface area contributed by atoms with Gasteiger partial charge in [-0.05, 0) is 5.56 Å². The second-order valence-corrected chi connectivity index (χ2v) is 9.84. The summed E-state index contributed by atoms with van der Waals surface area (Å²) >= 11 is 1.29. The molecule has 1 aliphatic heterocycles. The van der Waals surface area contributed by atoms with Gasteiger partial charge < -0.3 is 14.0 Å². The summed E-state index contributed by atoms with van der Waals surface area (Å²) in [4.78, 5) is 17.0. The van der Waals surface area contributed by atoms with Crippen molar-refractivity contribution in [2.75, 3.05) is 19.0 Å². The van der Waals surface area contributed by atoms with Crippen LogP contribution in [0.15, 0.2) is 60.1 Å². The first-order valence-corrected chi connectivity index (χ1v) is 11.9. The molecular formula is C21H20N2O5S2. The topological polar surface area (TPSA) is 87.0 Å². The summed E-state index contributed by atoms with van der Waals surface area (Å²) in [5.41, 5.74) is 1.46. The molecule has 2 heterocycles. The first-order chi connectivity index (χ1) is 14.4. The zero-order valence-corrected chi connectivity index (χ0v) is 17.7. The number of carbonyl (C=O) groups excluding carboxylic acids is 1. The number of rotatable bonds is 6. The van der Waals surface area contributed by atoms with Crippen LogP contribution in [0.3, 0.4) is 0 Å². The summed E-state index contributed by atoms with van der Waals surface area (Å²) in [5.74, 6) is -0.271. The molecule has 4 rings (SSSR count). The first kappa shape index (κ1) is 20.4. The SMILES string of the molecule is C=CCn1c(=NC(=O)CS(=O)(=O)Cc2ccccc2)sc2cc3c(cc21)OCCO3. The van der Waals surface area contributed by atoms with Crippen molar-refractivity contribution in [1.29, 1.82) is 0 Å². The molecule has 0 unspecified atom stereocenters. The third-order valence-electron chi connectivity index (χ3n) is 4.45. The number of nitrogens with zero attached hydrogens (tertiary/aromatic N) is 2. The second kappa shape index (κ2) is 8.45. The van der Waals surface area contributed by atoms with Crippen molar-refractivity contribution in [1.82, 2.24) is 4.57 Å². The van der Waals surface area contributed by atoms with Gasteiger partial charge in [-0.15, -0.1) is 6.58 Å². The van der Waals surface area contributed by atoms with Crippen molar-refractivity contribution in [3.63, 3.8) is 0 Å². The maximum absolute atomic E-state index is 12.5. The Morgan fingerprint density at radius 2 is 1.87 bits per heavy atom. The Balaban J connectivity index is 1.66. The van der Waals surface area contributed by atoms with Gasteiger partial charge in [0.15, 0.2) is 26.1 Å². The molecule has 1 aliphatic rings. The fourth-order valence-corrected chi connectivity index (χ4v) is 5.51. The molecule has 156 valence electrons. The van der Waals surface area contributed by atoms with Crippen LogP contribution < -0.4 is 14.3 Å². The minimum absolute atomic E-state index is 0.199. The van der Waals surface area contributed by atoms with Gasteiger partial charge in [-0.1, -0.05) is 47.7 Å². The van der Waals surface area contributed by atoms with Crippen LogP contribution in [-0.4, -0.2) is 37.9 Å². The summed E-state index contributed by atoms with van der Waals surface area (Å²) in [6.45, 7) is 5.13. The smallest absolute Gasteiger partial charge is 0.263 e. The lowest BCUT2D eigenvalue weighted by atomic mass is 10.2. The molecule has 0 aliphatic carbocycles. The molecule has 1 aromatic heterocycles. The highest BCUT2D eigenvalue weighted by Gasteiger charge is 2.19. The number of thiazole rings is 1. The lowest BCUT2D eigenvalue weighted by Crippen LogP contribution is -2.21. The van der Waals surface area contributed by atoms with Gasteiger partial charge >= 0.3 is 0 Å². The molecule has 0 saturated heterocycles. The molecule has 0 fully saturated rings. The Morgan fingerprint density at radius 1 is 1.17 bits per heavy atom. The summed E-state index contributed by atoms with van der Waals surface area (Å²) in [6, 6.07) is 12.5. The van der Waals surface area contributed by atoms with Gasteiger partial charge in [0.05, 0.1) is 16.0 Å². The fourth-order valence-electron chi connectivity index (χ4n) is 3.20. The number of aromatic nitrogens is 1. The van der Waals surface area contributed by atoms with E-state index in [-0.39, 0.29) is 5.75 Å². The minimum atomic E-state index is -3.63. The maximum Gasteiger partial charge on any atom is 0.263 e. The van der Waals surface area contributed by atoms with E-state index in [1.807, 2.05) is 22.8 Å². The summed E-state index contributed by atoms with van der Waals surface area (Å²) in [7, 11) is -3.63. The van der Waals surface area contributed by atoms with E-state index in [9.17, 15) is 13.2 Å². The van der Waals surface area contributed by atoms with Crippen molar-refractivity contribution in [3.8, 4) is 11.5 Å². The summed E-state index contributed by atoms with van der Waals surface area (Å²) in [6.07, 6.45) is 1.69. The van der Waals surface area contributed by atoms with Crippen LogP contribution in [0.25, 0.3) is 10.2 Å². The van der Waals surface area contributed by atoms with Gasteiger partial charge in [-0.3, -0.25) is 4.79 Å². The van der Waals surface area contributed by atoms with Crippen molar-refractivity contribution < 1.29 is 22.7 Å². The molecule has 1 amide bonds. The van der Waals surface area contributed by atoms with Crippen LogP contribution in [0.4, 0.5) is 0 Å². The third-order valence-corrected chi connectivity index (χ3v) is 6.95. The first-order valence-electron chi connectivity index (χ1n) is 9.31. The van der Waals surface area contributed by atoms with E-state index in [0.717, 1.165) is 10.2 Å². The summed E-state index contributed by atoms with van der Waals surface area (Å²) < 4.78 is 38.8. The number of allylic oxidation sites excluding steroid dienone is 1. The molecule has 9 heteroatoms. The number of sulfone groups is 1. The molecule has 0 atom stereocenters. The van der Waals surface area contributed by atoms with Crippen molar-refractivity contribution >= 4 is 37.3 Å². The molecular weight excluding hydrogens is 424 g/mol. The Hall–Kier alpha value is -2.91. The van der Waals surface area contributed by atoms with Gasteiger partial charge in [-0.2, -0.15) is 4.99 Å².